The van der Waals surface area contributed by atoms with Crippen molar-refractivity contribution in [3.8, 4) is 11.1 Å². The molecule has 0 saturated carbocycles. The lowest BCUT2D eigenvalue weighted by Crippen LogP contribution is -2.12. The second-order valence-electron chi connectivity index (χ2n) is 3.98. The number of hydrogen-bond acceptors (Lipinski definition) is 2. The van der Waals surface area contributed by atoms with E-state index in [9.17, 15) is 21.6 Å². The molecule has 106 valence electrons. The summed E-state index contributed by atoms with van der Waals surface area (Å²) in [4.78, 5) is -0.937. The van der Waals surface area contributed by atoms with Gasteiger partial charge < -0.3 is 0 Å². The maximum Gasteiger partial charge on any atom is 0.418 e. The fourth-order valence-corrected chi connectivity index (χ4v) is 2.98. The zero-order valence-electron chi connectivity index (χ0n) is 9.86. The third-order valence-corrected chi connectivity index (χ3v) is 4.02. The zero-order valence-corrected chi connectivity index (χ0v) is 11.4. The van der Waals surface area contributed by atoms with Crippen molar-refractivity contribution in [1.82, 2.24) is 0 Å². The van der Waals surface area contributed by atoms with Gasteiger partial charge in [-0.15, -0.1) is 0 Å². The predicted molar refractivity (Wildman–Crippen MR) is 69.9 cm³/mol. The molecule has 0 atom stereocenters. The minimum atomic E-state index is -4.83. The van der Waals surface area contributed by atoms with E-state index >= 15 is 0 Å². The molecule has 0 fully saturated rings. The van der Waals surface area contributed by atoms with Crippen molar-refractivity contribution >= 4 is 19.7 Å². The molecule has 0 aromatic heterocycles. The molecule has 2 aromatic rings. The highest BCUT2D eigenvalue weighted by Gasteiger charge is 2.39. The first-order chi connectivity index (χ1) is 9.21. The van der Waals surface area contributed by atoms with Crippen molar-refractivity contribution in [2.24, 2.45) is 0 Å². The molecule has 2 nitrogen and oxygen atoms in total. The molecule has 0 aliphatic carbocycles. The van der Waals surface area contributed by atoms with Crippen LogP contribution in [0, 0.1) is 0 Å². The average molecular weight is 321 g/mol. The molecule has 7 heteroatoms. The van der Waals surface area contributed by atoms with E-state index in [-0.39, 0.29) is 11.1 Å². The Morgan fingerprint density at radius 3 is 2.00 bits per heavy atom. The van der Waals surface area contributed by atoms with Gasteiger partial charge in [0.1, 0.15) is 0 Å². The van der Waals surface area contributed by atoms with Gasteiger partial charge in [0.2, 0.25) is 0 Å². The lowest BCUT2D eigenvalue weighted by molar-refractivity contribution is -0.139. The van der Waals surface area contributed by atoms with Crippen LogP contribution in [0.15, 0.2) is 53.4 Å². The quantitative estimate of drug-likeness (QED) is 0.773. The Hall–Kier alpha value is -1.53. The Morgan fingerprint density at radius 1 is 0.900 bits per heavy atom. The molecule has 0 radical (unpaired) electrons. The minimum Gasteiger partial charge on any atom is -0.207 e. The van der Waals surface area contributed by atoms with Crippen molar-refractivity contribution in [2.45, 2.75) is 11.1 Å². The number of halogens is 4. The molecule has 0 bridgehead atoms. The van der Waals surface area contributed by atoms with Crippen LogP contribution in [0.2, 0.25) is 0 Å². The van der Waals surface area contributed by atoms with Gasteiger partial charge >= 0.3 is 6.18 Å². The summed E-state index contributed by atoms with van der Waals surface area (Å²) in [6.45, 7) is 0. The second-order valence-corrected chi connectivity index (χ2v) is 6.51. The summed E-state index contributed by atoms with van der Waals surface area (Å²) < 4.78 is 62.3. The molecule has 0 heterocycles. The molecule has 0 aliphatic heterocycles. The van der Waals surface area contributed by atoms with Crippen molar-refractivity contribution < 1.29 is 21.6 Å². The van der Waals surface area contributed by atoms with E-state index in [4.69, 9.17) is 10.7 Å². The molecule has 0 spiro atoms. The average Bonchev–Trinajstić information content (AvgIpc) is 2.37. The highest BCUT2D eigenvalue weighted by molar-refractivity contribution is 8.13. The van der Waals surface area contributed by atoms with Gasteiger partial charge in [-0.1, -0.05) is 42.5 Å². The molecule has 2 aromatic carbocycles. The van der Waals surface area contributed by atoms with Crippen molar-refractivity contribution in [3.63, 3.8) is 0 Å². The van der Waals surface area contributed by atoms with Crippen molar-refractivity contribution in [3.05, 3.63) is 54.1 Å². The second kappa shape index (κ2) is 5.10. The Balaban J connectivity index is 2.84. The summed E-state index contributed by atoms with van der Waals surface area (Å²) in [6, 6.07) is 11.0. The number of rotatable bonds is 2. The van der Waals surface area contributed by atoms with Gasteiger partial charge in [-0.05, 0) is 17.2 Å². The first-order valence-corrected chi connectivity index (χ1v) is 7.72. The number of hydrogen-bond donors (Lipinski definition) is 0. The molecule has 20 heavy (non-hydrogen) atoms. The van der Waals surface area contributed by atoms with E-state index in [2.05, 4.69) is 0 Å². The van der Waals surface area contributed by atoms with E-state index in [1.165, 1.54) is 24.3 Å². The monoisotopic (exact) mass is 320 g/mol. The molecule has 0 aliphatic rings. The predicted octanol–water partition coefficient (Wildman–Crippen LogP) is 4.30. The highest BCUT2D eigenvalue weighted by Crippen LogP contribution is 2.41. The maximum absolute atomic E-state index is 13.2. The third kappa shape index (κ3) is 2.96. The van der Waals surface area contributed by atoms with Gasteiger partial charge in [0.15, 0.2) is 0 Å². The van der Waals surface area contributed by atoms with Crippen LogP contribution in [0.25, 0.3) is 11.1 Å². The Labute approximate surface area is 118 Å². The van der Waals surface area contributed by atoms with Gasteiger partial charge in [0.25, 0.3) is 9.05 Å². The Bertz CT molecular complexity index is 725. The minimum absolute atomic E-state index is 0.222. The number of benzene rings is 2. The Morgan fingerprint density at radius 2 is 1.50 bits per heavy atom. The van der Waals surface area contributed by atoms with E-state index in [1.807, 2.05) is 0 Å². The van der Waals surface area contributed by atoms with E-state index in [1.54, 1.807) is 18.2 Å². The smallest absolute Gasteiger partial charge is 0.207 e. The first-order valence-electron chi connectivity index (χ1n) is 5.41. The normalized spacial score (nSPS) is 12.4. The van der Waals surface area contributed by atoms with Crippen LogP contribution in [0.5, 0.6) is 0 Å². The molecular weight excluding hydrogens is 313 g/mol. The topological polar surface area (TPSA) is 34.1 Å². The SMILES string of the molecule is O=S(=O)(Cl)c1cccc(-c2ccccc2)c1C(F)(F)F. The standard InChI is InChI=1S/C13H8ClF3O2S/c14-20(18,19)11-8-4-7-10(12(11)13(15,16)17)9-5-2-1-3-6-9/h1-8H. The third-order valence-electron chi connectivity index (χ3n) is 2.66. The van der Waals surface area contributed by atoms with Crippen LogP contribution in [-0.2, 0) is 15.2 Å². The van der Waals surface area contributed by atoms with Crippen LogP contribution in [-0.4, -0.2) is 8.42 Å². The zero-order chi connectivity index (χ0) is 15.0. The first kappa shape index (κ1) is 14.9. The van der Waals surface area contributed by atoms with Crippen LogP contribution in [0.1, 0.15) is 5.56 Å². The molecule has 2 rings (SSSR count). The summed E-state index contributed by atoms with van der Waals surface area (Å²) in [5, 5.41) is 0. The van der Waals surface area contributed by atoms with Gasteiger partial charge in [-0.3, -0.25) is 0 Å². The van der Waals surface area contributed by atoms with Gasteiger partial charge in [-0.25, -0.2) is 8.42 Å². The summed E-state index contributed by atoms with van der Waals surface area (Å²) in [7, 11) is 0.607. The Kier molecular flexibility index (Phi) is 3.80. The molecular formula is C13H8ClF3O2S. The van der Waals surface area contributed by atoms with Crippen LogP contribution in [0.3, 0.4) is 0 Å². The maximum atomic E-state index is 13.2. The summed E-state index contributed by atoms with van der Waals surface area (Å²) >= 11 is 0. The fraction of sp³-hybridized carbons (Fsp3) is 0.0769. The molecule has 0 saturated heterocycles. The fourth-order valence-electron chi connectivity index (χ4n) is 1.88. The van der Waals surface area contributed by atoms with Crippen molar-refractivity contribution in [1.29, 1.82) is 0 Å². The highest BCUT2D eigenvalue weighted by atomic mass is 35.7. The van der Waals surface area contributed by atoms with E-state index in [0.717, 1.165) is 6.07 Å². The van der Waals surface area contributed by atoms with E-state index < -0.39 is 25.7 Å². The number of alkyl halides is 3. The molecule has 0 unspecified atom stereocenters. The van der Waals surface area contributed by atoms with Crippen molar-refractivity contribution in [2.75, 3.05) is 0 Å². The van der Waals surface area contributed by atoms with E-state index in [0.29, 0.717) is 0 Å². The molecule has 0 N–H and O–H groups in total. The van der Waals surface area contributed by atoms with Gasteiger partial charge in [-0.2, -0.15) is 13.2 Å². The van der Waals surface area contributed by atoms with Crippen LogP contribution < -0.4 is 0 Å². The van der Waals surface area contributed by atoms with Gasteiger partial charge in [0, 0.05) is 10.7 Å². The summed E-state index contributed by atoms with van der Waals surface area (Å²) in [5.41, 5.74) is -1.21. The lowest BCUT2D eigenvalue weighted by Gasteiger charge is -2.16. The van der Waals surface area contributed by atoms with Gasteiger partial charge in [0.05, 0.1) is 10.5 Å². The largest absolute Gasteiger partial charge is 0.418 e. The van der Waals surface area contributed by atoms with Crippen LogP contribution in [0.4, 0.5) is 13.2 Å². The summed E-state index contributed by atoms with van der Waals surface area (Å²) in [6.07, 6.45) is -4.83. The molecule has 0 amide bonds. The van der Waals surface area contributed by atoms with Crippen LogP contribution >= 0.6 is 10.7 Å². The summed E-state index contributed by atoms with van der Waals surface area (Å²) in [5.74, 6) is 0. The lowest BCUT2D eigenvalue weighted by atomic mass is 9.99.